The second-order valence-electron chi connectivity index (χ2n) is 7.55. The molecule has 0 saturated heterocycles. The molecule has 0 spiro atoms. The molecule has 0 amide bonds. The summed E-state index contributed by atoms with van der Waals surface area (Å²) in [5.74, 6) is 0. The Bertz CT molecular complexity index is 1570. The predicted molar refractivity (Wildman–Crippen MR) is 119 cm³/mol. The zero-order chi connectivity index (χ0) is 20.9. The van der Waals surface area contributed by atoms with Crippen molar-refractivity contribution in [3.63, 3.8) is 0 Å². The molecule has 31 heavy (non-hydrogen) atoms. The van der Waals surface area contributed by atoms with E-state index in [1.54, 1.807) is 12.4 Å². The van der Waals surface area contributed by atoms with Crippen LogP contribution in [-0.4, -0.2) is 39.7 Å². The molecule has 8 nitrogen and oxygen atoms in total. The maximum Gasteiger partial charge on any atom is 0.139 e. The maximum atomic E-state index is 4.91. The van der Waals surface area contributed by atoms with Crippen molar-refractivity contribution in [3.05, 3.63) is 72.7 Å². The average Bonchev–Trinajstić information content (AvgIpc) is 3.50. The molecule has 0 fully saturated rings. The minimum absolute atomic E-state index is 0.754. The first-order valence-corrected chi connectivity index (χ1v) is 9.92. The Hall–Kier alpha value is -4.33. The maximum absolute atomic E-state index is 4.91. The summed E-state index contributed by atoms with van der Waals surface area (Å²) in [7, 11) is 0. The number of fused-ring (bicyclic) bond motifs is 2. The van der Waals surface area contributed by atoms with Crippen molar-refractivity contribution >= 4 is 22.1 Å². The van der Waals surface area contributed by atoms with E-state index in [9.17, 15) is 0 Å². The van der Waals surface area contributed by atoms with Crippen LogP contribution in [0.25, 0.3) is 50.4 Å². The van der Waals surface area contributed by atoms with Crippen LogP contribution in [0.3, 0.4) is 0 Å². The van der Waals surface area contributed by atoms with Crippen molar-refractivity contribution < 1.29 is 0 Å². The number of H-pyrrole nitrogens is 2. The second kappa shape index (κ2) is 6.60. The highest BCUT2D eigenvalue weighted by Gasteiger charge is 2.16. The number of aromatic nitrogens is 8. The molecule has 0 saturated carbocycles. The van der Waals surface area contributed by atoms with E-state index in [0.717, 1.165) is 61.7 Å². The molecule has 8 heteroatoms. The second-order valence-corrected chi connectivity index (χ2v) is 7.55. The predicted octanol–water partition coefficient (Wildman–Crippen LogP) is 4.37. The van der Waals surface area contributed by atoms with Crippen LogP contribution in [0.4, 0.5) is 0 Å². The molecule has 0 unspecified atom stereocenters. The van der Waals surface area contributed by atoms with Crippen LogP contribution in [0.2, 0.25) is 0 Å². The Balaban J connectivity index is 1.52. The molecule has 6 aromatic rings. The number of nitrogens with zero attached hydrogens (tertiary/aromatic N) is 6. The Kier molecular flexibility index (Phi) is 3.73. The molecule has 0 bridgehead atoms. The van der Waals surface area contributed by atoms with Crippen LogP contribution >= 0.6 is 0 Å². The summed E-state index contributed by atoms with van der Waals surface area (Å²) in [6.45, 7) is 4.03. The zero-order valence-electron chi connectivity index (χ0n) is 17.0. The van der Waals surface area contributed by atoms with Gasteiger partial charge in [-0.15, -0.1) is 0 Å². The molecule has 0 aliphatic carbocycles. The summed E-state index contributed by atoms with van der Waals surface area (Å²) in [5.41, 5.74) is 9.03. The van der Waals surface area contributed by atoms with Crippen LogP contribution < -0.4 is 0 Å². The number of aromatic amines is 2. The number of hydrogen-bond acceptors (Lipinski definition) is 5. The fourth-order valence-electron chi connectivity index (χ4n) is 3.89. The van der Waals surface area contributed by atoms with Crippen LogP contribution in [0.5, 0.6) is 0 Å². The number of aryl methyl sites for hydroxylation is 2. The lowest BCUT2D eigenvalue weighted by atomic mass is 10.1. The third kappa shape index (κ3) is 2.80. The van der Waals surface area contributed by atoms with Gasteiger partial charge in [-0.1, -0.05) is 0 Å². The smallest absolute Gasteiger partial charge is 0.139 e. The first kappa shape index (κ1) is 17.5. The average molecular weight is 406 g/mol. The van der Waals surface area contributed by atoms with Gasteiger partial charge in [0.1, 0.15) is 16.9 Å². The fraction of sp³-hybridized carbons (Fsp3) is 0.0870. The highest BCUT2D eigenvalue weighted by Crippen LogP contribution is 2.31. The minimum Gasteiger partial charge on any atom is -0.338 e. The van der Waals surface area contributed by atoms with E-state index in [2.05, 4.69) is 43.1 Å². The van der Waals surface area contributed by atoms with E-state index in [0.29, 0.717) is 0 Å². The molecule has 6 rings (SSSR count). The third-order valence-corrected chi connectivity index (χ3v) is 5.48. The van der Waals surface area contributed by atoms with E-state index < -0.39 is 0 Å². The Morgan fingerprint density at radius 2 is 1.94 bits per heavy atom. The van der Waals surface area contributed by atoms with Gasteiger partial charge < -0.3 is 9.55 Å². The third-order valence-electron chi connectivity index (χ3n) is 5.48. The summed E-state index contributed by atoms with van der Waals surface area (Å²) in [6.07, 6.45) is 9.23. The summed E-state index contributed by atoms with van der Waals surface area (Å²) in [6, 6.07) is 10.0. The number of nitrogens with one attached hydrogen (secondary N) is 2. The number of pyridine rings is 3. The van der Waals surface area contributed by atoms with Gasteiger partial charge in [0.2, 0.25) is 0 Å². The molecule has 0 radical (unpaired) electrons. The van der Waals surface area contributed by atoms with E-state index in [1.165, 1.54) is 0 Å². The molecular formula is C23H18N8. The molecule has 6 heterocycles. The molecule has 150 valence electrons. The molecular weight excluding hydrogens is 388 g/mol. The summed E-state index contributed by atoms with van der Waals surface area (Å²) in [5, 5.41) is 8.62. The molecule has 6 aromatic heterocycles. The molecule has 0 aliphatic heterocycles. The Labute approximate surface area is 177 Å². The van der Waals surface area contributed by atoms with Gasteiger partial charge in [0.15, 0.2) is 0 Å². The Morgan fingerprint density at radius 3 is 2.77 bits per heavy atom. The lowest BCUT2D eigenvalue weighted by Crippen LogP contribution is -1.91. The van der Waals surface area contributed by atoms with E-state index in [4.69, 9.17) is 4.98 Å². The van der Waals surface area contributed by atoms with Crippen LogP contribution in [0, 0.1) is 13.8 Å². The SMILES string of the molecule is Cc1cn(-c2ccnc3[nH]c(-c4n[nH]c5ccc(-c6cnccc6C)nc45)cc23)cn1. The van der Waals surface area contributed by atoms with Crippen LogP contribution in [0.15, 0.2) is 61.4 Å². The Morgan fingerprint density at radius 1 is 1.00 bits per heavy atom. The van der Waals surface area contributed by atoms with E-state index in [-0.39, 0.29) is 0 Å². The van der Waals surface area contributed by atoms with Gasteiger partial charge in [-0.3, -0.25) is 10.1 Å². The standard InChI is InChI=1S/C23H18N8/c1-13-5-7-24-10-16(13)17-3-4-18-21(27-17)22(30-29-18)19-9-15-20(6-8-25-23(15)28-19)31-11-14(2)26-12-31/h3-12H,1-2H3,(H,25,28)(H,29,30). The molecule has 2 N–H and O–H groups in total. The summed E-state index contributed by atoms with van der Waals surface area (Å²) < 4.78 is 2.00. The summed E-state index contributed by atoms with van der Waals surface area (Å²) >= 11 is 0. The van der Waals surface area contributed by atoms with Crippen molar-refractivity contribution in [2.45, 2.75) is 13.8 Å². The van der Waals surface area contributed by atoms with E-state index in [1.807, 2.05) is 54.5 Å². The van der Waals surface area contributed by atoms with Gasteiger partial charge in [-0.25, -0.2) is 15.0 Å². The minimum atomic E-state index is 0.754. The number of hydrogen-bond donors (Lipinski definition) is 2. The first-order chi connectivity index (χ1) is 15.2. The lowest BCUT2D eigenvalue weighted by molar-refractivity contribution is 1.06. The first-order valence-electron chi connectivity index (χ1n) is 9.92. The van der Waals surface area contributed by atoms with Crippen molar-refractivity contribution in [1.29, 1.82) is 0 Å². The number of rotatable bonds is 3. The van der Waals surface area contributed by atoms with Crippen molar-refractivity contribution in [2.75, 3.05) is 0 Å². The largest absolute Gasteiger partial charge is 0.338 e. The molecule has 0 aliphatic rings. The monoisotopic (exact) mass is 406 g/mol. The quantitative estimate of drug-likeness (QED) is 0.455. The van der Waals surface area contributed by atoms with Crippen molar-refractivity contribution in [3.8, 4) is 28.3 Å². The van der Waals surface area contributed by atoms with Gasteiger partial charge in [-0.05, 0) is 49.7 Å². The highest BCUT2D eigenvalue weighted by molar-refractivity contribution is 5.95. The molecule has 0 aromatic carbocycles. The normalized spacial score (nSPS) is 11.5. The van der Waals surface area contributed by atoms with Crippen molar-refractivity contribution in [2.24, 2.45) is 0 Å². The zero-order valence-corrected chi connectivity index (χ0v) is 17.0. The molecule has 0 atom stereocenters. The summed E-state index contributed by atoms with van der Waals surface area (Å²) in [4.78, 5) is 21.4. The fourth-order valence-corrected chi connectivity index (χ4v) is 3.89. The van der Waals surface area contributed by atoms with Gasteiger partial charge in [0.05, 0.1) is 34.6 Å². The van der Waals surface area contributed by atoms with E-state index >= 15 is 0 Å². The van der Waals surface area contributed by atoms with Gasteiger partial charge >= 0.3 is 0 Å². The van der Waals surface area contributed by atoms with Crippen LogP contribution in [0.1, 0.15) is 11.3 Å². The lowest BCUT2D eigenvalue weighted by Gasteiger charge is -2.04. The van der Waals surface area contributed by atoms with Crippen molar-refractivity contribution in [1.82, 2.24) is 39.7 Å². The topological polar surface area (TPSA) is 101 Å². The van der Waals surface area contributed by atoms with Gasteiger partial charge in [-0.2, -0.15) is 5.10 Å². The number of imidazole rings is 1. The van der Waals surface area contributed by atoms with Crippen LogP contribution in [-0.2, 0) is 0 Å². The van der Waals surface area contributed by atoms with Gasteiger partial charge in [0, 0.05) is 35.7 Å². The van der Waals surface area contributed by atoms with Gasteiger partial charge in [0.25, 0.3) is 0 Å². The highest BCUT2D eigenvalue weighted by atomic mass is 15.1.